The van der Waals surface area contributed by atoms with Gasteiger partial charge in [0.05, 0.1) is 0 Å². The van der Waals surface area contributed by atoms with Crippen LogP contribution in [0.1, 0.15) is 55.7 Å². The summed E-state index contributed by atoms with van der Waals surface area (Å²) in [6.45, 7) is 9.73. The van der Waals surface area contributed by atoms with Crippen molar-refractivity contribution in [3.8, 4) is 0 Å². The van der Waals surface area contributed by atoms with Crippen molar-refractivity contribution in [2.45, 2.75) is 83.1 Å². The second-order valence-corrected chi connectivity index (χ2v) is 15.0. The van der Waals surface area contributed by atoms with E-state index in [-0.39, 0.29) is 24.0 Å². The van der Waals surface area contributed by atoms with Gasteiger partial charge in [0.25, 0.3) is 0 Å². The first kappa shape index (κ1) is 36.1. The molecular weight excluding hydrogens is 702 g/mol. The van der Waals surface area contributed by atoms with Gasteiger partial charge in [0.1, 0.15) is 12.1 Å². The number of nitrogens with zero attached hydrogens (tertiary/aromatic N) is 5. The van der Waals surface area contributed by atoms with Crippen LogP contribution in [0.5, 0.6) is 0 Å². The Morgan fingerprint density at radius 1 is 0.920 bits per heavy atom. The van der Waals surface area contributed by atoms with E-state index >= 15 is 0 Å². The van der Waals surface area contributed by atoms with E-state index in [1.165, 1.54) is 0 Å². The molecule has 6 rings (SSSR count). The molecule has 3 fully saturated rings. The minimum absolute atomic E-state index is 0.0318. The van der Waals surface area contributed by atoms with Crippen molar-refractivity contribution in [1.29, 1.82) is 0 Å². The first-order valence-electron chi connectivity index (χ1n) is 18.1. The van der Waals surface area contributed by atoms with Crippen molar-refractivity contribution in [1.82, 2.24) is 29.8 Å². The predicted molar refractivity (Wildman–Crippen MR) is 195 cm³/mol. The van der Waals surface area contributed by atoms with Gasteiger partial charge in [-0.1, -0.05) is 53.2 Å². The molecule has 0 aliphatic carbocycles. The number of amides is 5. The lowest BCUT2D eigenvalue weighted by molar-refractivity contribution is -0.144. The number of halogens is 1. The zero-order chi connectivity index (χ0) is 35.4. The quantitative estimate of drug-likeness (QED) is 0.348. The van der Waals surface area contributed by atoms with Crippen LogP contribution < -0.4 is 10.6 Å². The van der Waals surface area contributed by atoms with E-state index < -0.39 is 18.1 Å². The molecule has 0 spiro atoms. The second-order valence-electron chi connectivity index (χ2n) is 14.1. The molecular formula is C37H50BrN7O5. The van der Waals surface area contributed by atoms with Gasteiger partial charge in [-0.3, -0.25) is 19.4 Å². The number of fused-ring (bicyclic) bond motifs is 1. The van der Waals surface area contributed by atoms with E-state index in [0.717, 1.165) is 65.9 Å². The summed E-state index contributed by atoms with van der Waals surface area (Å²) in [5.41, 5.74) is 3.99. The van der Waals surface area contributed by atoms with Crippen LogP contribution in [0.15, 0.2) is 46.9 Å². The first-order valence-corrected chi connectivity index (χ1v) is 18.9. The van der Waals surface area contributed by atoms with E-state index in [9.17, 15) is 24.3 Å². The van der Waals surface area contributed by atoms with Gasteiger partial charge in [-0.25, -0.2) is 9.59 Å². The maximum absolute atomic E-state index is 14.1. The number of likely N-dealkylation sites (tertiary alicyclic amines) is 2. The maximum Gasteiger partial charge on any atom is 0.322 e. The molecule has 0 bridgehead atoms. The summed E-state index contributed by atoms with van der Waals surface area (Å²) in [5.74, 6) is -0.820. The molecule has 2 unspecified atom stereocenters. The first-order chi connectivity index (χ1) is 24.1. The molecule has 270 valence electrons. The van der Waals surface area contributed by atoms with Gasteiger partial charge in [0.2, 0.25) is 5.91 Å². The van der Waals surface area contributed by atoms with Gasteiger partial charge in [0.15, 0.2) is 0 Å². The number of piperidine rings is 2. The molecule has 12 nitrogen and oxygen atoms in total. The highest BCUT2D eigenvalue weighted by Gasteiger charge is 2.36. The number of aryl methyl sites for hydroxylation is 1. The van der Waals surface area contributed by atoms with Crippen molar-refractivity contribution in [3.05, 3.63) is 63.6 Å². The zero-order valence-electron chi connectivity index (χ0n) is 29.2. The van der Waals surface area contributed by atoms with E-state index in [2.05, 4.69) is 42.4 Å². The van der Waals surface area contributed by atoms with Crippen molar-refractivity contribution in [3.63, 3.8) is 0 Å². The van der Waals surface area contributed by atoms with E-state index in [0.29, 0.717) is 64.4 Å². The Bertz CT molecular complexity index is 1550. The molecule has 50 heavy (non-hydrogen) atoms. The highest BCUT2D eigenvalue weighted by molar-refractivity contribution is 9.10. The summed E-state index contributed by atoms with van der Waals surface area (Å²) >= 11 is 3.57. The number of anilines is 1. The third-order valence-corrected chi connectivity index (χ3v) is 12.0. The molecule has 3 N–H and O–H groups in total. The fourth-order valence-corrected chi connectivity index (χ4v) is 8.33. The van der Waals surface area contributed by atoms with Crippen LogP contribution >= 0.6 is 15.9 Å². The molecule has 13 heteroatoms. The van der Waals surface area contributed by atoms with Crippen LogP contribution in [-0.4, -0.2) is 130 Å². The number of nitrogens with one attached hydrogen (secondary N) is 2. The summed E-state index contributed by atoms with van der Waals surface area (Å²) in [6, 6.07) is 12.8. The van der Waals surface area contributed by atoms with Crippen molar-refractivity contribution < 1.29 is 24.3 Å². The van der Waals surface area contributed by atoms with E-state index in [4.69, 9.17) is 0 Å². The molecule has 5 amide bonds. The van der Waals surface area contributed by atoms with Crippen LogP contribution in [0.3, 0.4) is 0 Å². The lowest BCUT2D eigenvalue weighted by Crippen LogP contribution is -2.60. The van der Waals surface area contributed by atoms with E-state index in [1.54, 1.807) is 4.90 Å². The van der Waals surface area contributed by atoms with Crippen LogP contribution in [0.4, 0.5) is 15.3 Å². The molecule has 0 saturated carbocycles. The monoisotopic (exact) mass is 751 g/mol. The van der Waals surface area contributed by atoms with Crippen molar-refractivity contribution >= 4 is 45.6 Å². The van der Waals surface area contributed by atoms with Crippen molar-refractivity contribution in [2.75, 3.05) is 57.7 Å². The average Bonchev–Trinajstić information content (AvgIpc) is 3.13. The lowest BCUT2D eigenvalue weighted by Gasteiger charge is -2.44. The number of hydrogen-bond donors (Lipinski definition) is 3. The molecule has 4 heterocycles. The fourth-order valence-electron chi connectivity index (χ4n) is 8.09. The molecule has 2 aromatic carbocycles. The number of aliphatic carboxylic acids is 1. The summed E-state index contributed by atoms with van der Waals surface area (Å²) in [5, 5.41) is 15.7. The summed E-state index contributed by atoms with van der Waals surface area (Å²) in [4.78, 5) is 62.4. The summed E-state index contributed by atoms with van der Waals surface area (Å²) in [7, 11) is 0. The highest BCUT2D eigenvalue weighted by atomic mass is 79.9. The molecule has 3 saturated heterocycles. The number of benzene rings is 2. The predicted octanol–water partition coefficient (Wildman–Crippen LogP) is 4.36. The number of para-hydroxylation sites is 1. The number of hydrogen-bond acceptors (Lipinski definition) is 6. The number of carboxylic acid groups (broad SMARTS) is 1. The molecule has 4 aliphatic heterocycles. The molecule has 2 aromatic rings. The molecule has 0 aromatic heterocycles. The average molecular weight is 753 g/mol. The molecule has 4 aliphatic rings. The standard InChI is InChI=1S/C37H50BrN7O5/c1-3-33(35(47)48)42-14-10-28(11-15-42)41-18-20-43(21-19-41)34(46)32(23-26-8-9-30(38)25(2)22-26)40-36(49)44-16-12-29(13-17-44)45-24-27-6-4-5-7-31(27)39-37(45)50/h4-9,22,28-29,32-33H,3,10-21,23-24H2,1-2H3,(H,39,50)(H,40,49)(H,47,48). The Morgan fingerprint density at radius 2 is 1.60 bits per heavy atom. The van der Waals surface area contributed by atoms with Gasteiger partial charge in [-0.05, 0) is 67.9 Å². The number of urea groups is 2. The van der Waals surface area contributed by atoms with Crippen molar-refractivity contribution in [2.24, 2.45) is 0 Å². The Balaban J connectivity index is 1.05. The Hall–Kier alpha value is -3.68. The second kappa shape index (κ2) is 16.1. The highest BCUT2D eigenvalue weighted by Crippen LogP contribution is 2.28. The van der Waals surface area contributed by atoms with Crippen LogP contribution in [-0.2, 0) is 22.6 Å². The normalized spacial score (nSPS) is 20.9. The number of piperazine rings is 1. The Kier molecular flexibility index (Phi) is 11.6. The topological polar surface area (TPSA) is 129 Å². The van der Waals surface area contributed by atoms with Crippen LogP contribution in [0.2, 0.25) is 0 Å². The van der Waals surface area contributed by atoms with Gasteiger partial charge >= 0.3 is 18.0 Å². The van der Waals surface area contributed by atoms with Gasteiger partial charge in [-0.15, -0.1) is 0 Å². The minimum atomic E-state index is -0.750. The van der Waals surface area contributed by atoms with E-state index in [1.807, 2.05) is 60.0 Å². The van der Waals surface area contributed by atoms with Gasteiger partial charge in [-0.2, -0.15) is 0 Å². The molecule has 0 radical (unpaired) electrons. The third-order valence-electron chi connectivity index (χ3n) is 11.1. The SMILES string of the molecule is CCC(C(=O)O)N1CCC(N2CCN(C(=O)C(Cc3ccc(Br)c(C)c3)NC(=O)N3CCC(N4Cc5ccccc5NC4=O)CC3)CC2)CC1. The zero-order valence-corrected chi connectivity index (χ0v) is 30.7. The van der Waals surface area contributed by atoms with Gasteiger partial charge < -0.3 is 30.4 Å². The third kappa shape index (κ3) is 8.26. The summed E-state index contributed by atoms with van der Waals surface area (Å²) in [6.07, 6.45) is 4.18. The number of carboxylic acids is 1. The fraction of sp³-hybridized carbons (Fsp3) is 0.568. The Morgan fingerprint density at radius 3 is 2.26 bits per heavy atom. The maximum atomic E-state index is 14.1. The summed E-state index contributed by atoms with van der Waals surface area (Å²) < 4.78 is 0.997. The minimum Gasteiger partial charge on any atom is -0.480 e. The van der Waals surface area contributed by atoms with Gasteiger partial charge in [0, 0.05) is 87.6 Å². The lowest BCUT2D eigenvalue weighted by atomic mass is 9.99. The number of carbonyl (C=O) groups is 4. The smallest absolute Gasteiger partial charge is 0.322 e. The molecule has 2 atom stereocenters. The number of rotatable bonds is 9. The van der Waals surface area contributed by atoms with Crippen LogP contribution in [0.25, 0.3) is 0 Å². The Labute approximate surface area is 303 Å². The van der Waals surface area contributed by atoms with Crippen LogP contribution in [0, 0.1) is 6.92 Å². The largest absolute Gasteiger partial charge is 0.480 e. The number of carbonyl (C=O) groups excluding carboxylic acids is 3.